The van der Waals surface area contributed by atoms with Gasteiger partial charge in [-0.15, -0.1) is 32.9 Å². The molecule has 0 aromatic carbocycles. The Labute approximate surface area is 137 Å². The SMILES string of the molecule is Cc1nnc2n1CC(NCc1cc(-c3cccs3)cs1)CC2. The van der Waals surface area contributed by atoms with Crippen LogP contribution < -0.4 is 5.32 Å². The summed E-state index contributed by atoms with van der Waals surface area (Å²) in [6.07, 6.45) is 2.16. The van der Waals surface area contributed by atoms with Crippen molar-refractivity contribution >= 4 is 22.7 Å². The molecule has 1 aliphatic heterocycles. The predicted molar refractivity (Wildman–Crippen MR) is 91.3 cm³/mol. The van der Waals surface area contributed by atoms with Crippen LogP contribution in [0.5, 0.6) is 0 Å². The van der Waals surface area contributed by atoms with Crippen LogP contribution in [0.2, 0.25) is 0 Å². The maximum absolute atomic E-state index is 4.23. The molecule has 1 atom stereocenters. The molecule has 3 aromatic heterocycles. The smallest absolute Gasteiger partial charge is 0.133 e. The second-order valence-electron chi connectivity index (χ2n) is 5.67. The van der Waals surface area contributed by atoms with Crippen LogP contribution in [0.3, 0.4) is 0 Å². The van der Waals surface area contributed by atoms with Gasteiger partial charge in [-0.3, -0.25) is 0 Å². The fourth-order valence-corrected chi connectivity index (χ4v) is 4.54. The molecule has 0 aliphatic carbocycles. The Balaban J connectivity index is 1.38. The van der Waals surface area contributed by atoms with E-state index in [0.717, 1.165) is 37.6 Å². The Bertz CT molecular complexity index is 757. The van der Waals surface area contributed by atoms with E-state index in [4.69, 9.17) is 0 Å². The minimum absolute atomic E-state index is 0.509. The van der Waals surface area contributed by atoms with Gasteiger partial charge in [0, 0.05) is 40.9 Å². The topological polar surface area (TPSA) is 42.7 Å². The average molecular weight is 330 g/mol. The molecule has 3 aromatic rings. The molecule has 6 heteroatoms. The van der Waals surface area contributed by atoms with Crippen molar-refractivity contribution in [3.05, 3.63) is 45.5 Å². The normalized spacial score (nSPS) is 17.6. The molecule has 0 saturated heterocycles. The van der Waals surface area contributed by atoms with Crippen LogP contribution >= 0.6 is 22.7 Å². The highest BCUT2D eigenvalue weighted by Crippen LogP contribution is 2.29. The highest BCUT2D eigenvalue weighted by atomic mass is 32.1. The Morgan fingerprint density at radius 1 is 1.36 bits per heavy atom. The van der Waals surface area contributed by atoms with Crippen LogP contribution in [0, 0.1) is 6.92 Å². The zero-order chi connectivity index (χ0) is 14.9. The first-order chi connectivity index (χ1) is 10.8. The third-order valence-corrected chi connectivity index (χ3v) is 6.01. The van der Waals surface area contributed by atoms with Gasteiger partial charge in [-0.2, -0.15) is 0 Å². The molecular formula is C16H18N4S2. The van der Waals surface area contributed by atoms with E-state index in [1.165, 1.54) is 15.3 Å². The van der Waals surface area contributed by atoms with Crippen LogP contribution in [0.25, 0.3) is 10.4 Å². The number of fused-ring (bicyclic) bond motifs is 1. The van der Waals surface area contributed by atoms with Crippen molar-refractivity contribution in [3.8, 4) is 10.4 Å². The van der Waals surface area contributed by atoms with Gasteiger partial charge in [-0.05, 0) is 36.2 Å². The van der Waals surface area contributed by atoms with E-state index >= 15 is 0 Å². The van der Waals surface area contributed by atoms with Gasteiger partial charge in [0.25, 0.3) is 0 Å². The lowest BCUT2D eigenvalue weighted by Crippen LogP contribution is -2.37. The fraction of sp³-hybridized carbons (Fsp3) is 0.375. The number of nitrogens with one attached hydrogen (secondary N) is 1. The van der Waals surface area contributed by atoms with Crippen molar-refractivity contribution in [1.82, 2.24) is 20.1 Å². The molecule has 0 bridgehead atoms. The fourth-order valence-electron chi connectivity index (χ4n) is 2.92. The average Bonchev–Trinajstić information content (AvgIpc) is 3.26. The van der Waals surface area contributed by atoms with Crippen molar-refractivity contribution in [2.75, 3.05) is 0 Å². The van der Waals surface area contributed by atoms with Crippen LogP contribution in [-0.2, 0) is 19.5 Å². The Morgan fingerprint density at radius 3 is 3.18 bits per heavy atom. The maximum atomic E-state index is 4.23. The summed E-state index contributed by atoms with van der Waals surface area (Å²) in [5.74, 6) is 2.16. The van der Waals surface area contributed by atoms with Crippen molar-refractivity contribution < 1.29 is 0 Å². The number of hydrogen-bond donors (Lipinski definition) is 1. The van der Waals surface area contributed by atoms with Crippen LogP contribution in [-0.4, -0.2) is 20.8 Å². The summed E-state index contributed by atoms with van der Waals surface area (Å²) in [7, 11) is 0. The van der Waals surface area contributed by atoms with E-state index in [9.17, 15) is 0 Å². The zero-order valence-corrected chi connectivity index (χ0v) is 14.1. The summed E-state index contributed by atoms with van der Waals surface area (Å²) in [6.45, 7) is 3.96. The predicted octanol–water partition coefficient (Wildman–Crippen LogP) is 3.48. The zero-order valence-electron chi connectivity index (χ0n) is 12.5. The molecule has 1 N–H and O–H groups in total. The van der Waals surface area contributed by atoms with E-state index < -0.39 is 0 Å². The molecule has 0 fully saturated rings. The van der Waals surface area contributed by atoms with Crippen LogP contribution in [0.4, 0.5) is 0 Å². The quantitative estimate of drug-likeness (QED) is 0.796. The number of rotatable bonds is 4. The molecular weight excluding hydrogens is 312 g/mol. The van der Waals surface area contributed by atoms with Gasteiger partial charge in [-0.1, -0.05) is 6.07 Å². The summed E-state index contributed by atoms with van der Waals surface area (Å²) in [5.41, 5.74) is 1.34. The number of aromatic nitrogens is 3. The molecule has 4 rings (SSSR count). The molecule has 0 radical (unpaired) electrons. The summed E-state index contributed by atoms with van der Waals surface area (Å²) in [4.78, 5) is 2.75. The van der Waals surface area contributed by atoms with Gasteiger partial charge >= 0.3 is 0 Å². The van der Waals surface area contributed by atoms with Gasteiger partial charge in [-0.25, -0.2) is 0 Å². The van der Waals surface area contributed by atoms with Gasteiger partial charge in [0.2, 0.25) is 0 Å². The molecule has 0 amide bonds. The summed E-state index contributed by atoms with van der Waals surface area (Å²) in [5, 5.41) is 16.5. The highest BCUT2D eigenvalue weighted by molar-refractivity contribution is 7.14. The molecule has 0 saturated carbocycles. The molecule has 114 valence electrons. The molecule has 1 aliphatic rings. The first kappa shape index (κ1) is 14.1. The third-order valence-electron chi connectivity index (χ3n) is 4.16. The minimum Gasteiger partial charge on any atom is -0.314 e. The largest absolute Gasteiger partial charge is 0.314 e. The van der Waals surface area contributed by atoms with Gasteiger partial charge in [0.05, 0.1) is 0 Å². The number of hydrogen-bond acceptors (Lipinski definition) is 5. The van der Waals surface area contributed by atoms with Gasteiger partial charge in [0.1, 0.15) is 11.6 Å². The van der Waals surface area contributed by atoms with Crippen molar-refractivity contribution in [2.24, 2.45) is 0 Å². The van der Waals surface area contributed by atoms with Crippen molar-refractivity contribution in [2.45, 2.75) is 38.9 Å². The Hall–Kier alpha value is -1.50. The van der Waals surface area contributed by atoms with Crippen LogP contribution in [0.15, 0.2) is 29.0 Å². The van der Waals surface area contributed by atoms with E-state index in [1.54, 1.807) is 11.3 Å². The second-order valence-corrected chi connectivity index (χ2v) is 7.61. The number of thiophene rings is 2. The monoisotopic (exact) mass is 330 g/mol. The van der Waals surface area contributed by atoms with Crippen LogP contribution in [0.1, 0.15) is 22.9 Å². The number of aryl methyl sites for hydroxylation is 2. The van der Waals surface area contributed by atoms with E-state index in [-0.39, 0.29) is 0 Å². The first-order valence-corrected chi connectivity index (χ1v) is 9.29. The molecule has 4 heterocycles. The lowest BCUT2D eigenvalue weighted by Gasteiger charge is -2.24. The van der Waals surface area contributed by atoms with Gasteiger partial charge in [0.15, 0.2) is 0 Å². The van der Waals surface area contributed by atoms with E-state index in [2.05, 4.69) is 49.0 Å². The lowest BCUT2D eigenvalue weighted by molar-refractivity contribution is 0.376. The second kappa shape index (κ2) is 5.95. The van der Waals surface area contributed by atoms with Crippen molar-refractivity contribution in [3.63, 3.8) is 0 Å². The minimum atomic E-state index is 0.509. The Kier molecular flexibility index (Phi) is 3.82. The van der Waals surface area contributed by atoms with Crippen molar-refractivity contribution in [1.29, 1.82) is 0 Å². The number of nitrogens with zero attached hydrogens (tertiary/aromatic N) is 3. The van der Waals surface area contributed by atoms with Gasteiger partial charge < -0.3 is 9.88 Å². The molecule has 4 nitrogen and oxygen atoms in total. The Morgan fingerprint density at radius 2 is 2.32 bits per heavy atom. The molecule has 22 heavy (non-hydrogen) atoms. The molecule has 0 spiro atoms. The third kappa shape index (κ3) is 2.74. The summed E-state index contributed by atoms with van der Waals surface area (Å²) >= 11 is 3.64. The maximum Gasteiger partial charge on any atom is 0.133 e. The van der Waals surface area contributed by atoms with E-state index in [1.807, 2.05) is 18.3 Å². The highest BCUT2D eigenvalue weighted by Gasteiger charge is 2.21. The first-order valence-electron chi connectivity index (χ1n) is 7.53. The summed E-state index contributed by atoms with van der Waals surface area (Å²) < 4.78 is 2.24. The summed E-state index contributed by atoms with van der Waals surface area (Å²) in [6, 6.07) is 7.11. The lowest BCUT2D eigenvalue weighted by atomic mass is 10.1. The molecule has 1 unspecified atom stereocenters. The van der Waals surface area contributed by atoms with E-state index in [0.29, 0.717) is 6.04 Å². The standard InChI is InChI=1S/C16H18N4S2/c1-11-18-19-16-5-4-13(9-20(11)16)17-8-14-7-12(10-22-14)15-3-2-6-21-15/h2-3,6-7,10,13,17H,4-5,8-9H2,1H3.